The van der Waals surface area contributed by atoms with Crippen molar-refractivity contribution in [2.24, 2.45) is 0 Å². The molecule has 0 saturated carbocycles. The van der Waals surface area contributed by atoms with Crippen molar-refractivity contribution >= 4 is 25.7 Å². The Morgan fingerprint density at radius 3 is 1.42 bits per heavy atom. The summed E-state index contributed by atoms with van der Waals surface area (Å²) in [6.07, 6.45) is -10.7. The van der Waals surface area contributed by atoms with Crippen LogP contribution in [0.15, 0.2) is 24.3 Å². The maximum atomic E-state index is 12.4. The van der Waals surface area contributed by atoms with Crippen LogP contribution in [0.3, 0.4) is 0 Å². The third-order valence-electron chi connectivity index (χ3n) is 2.44. The molecule has 1 aromatic rings. The molecule has 0 aromatic heterocycles. The van der Waals surface area contributed by atoms with Crippen LogP contribution in [0, 0.1) is 6.92 Å². The second-order valence-electron chi connectivity index (χ2n) is 4.78. The molecule has 0 unspecified atom stereocenters. The van der Waals surface area contributed by atoms with Crippen LogP contribution in [0.25, 0.3) is 0 Å². The standard InChI is InChI=1S/C11H11F6NO4S2/c1-8-2-4-9(5-3-8)18(23(19,20)6-10(12,13)14)24(21,22)7-11(15,16)17/h2-5H,6-7H2,1H3. The van der Waals surface area contributed by atoms with E-state index in [0.29, 0.717) is 5.56 Å². The van der Waals surface area contributed by atoms with Crippen molar-refractivity contribution in [2.45, 2.75) is 19.3 Å². The topological polar surface area (TPSA) is 71.5 Å². The first kappa shape index (κ1) is 20.5. The molecule has 0 radical (unpaired) electrons. The van der Waals surface area contributed by atoms with Gasteiger partial charge in [-0.15, -0.1) is 0 Å². The summed E-state index contributed by atoms with van der Waals surface area (Å²) in [5.41, 5.74) is -0.353. The van der Waals surface area contributed by atoms with E-state index in [1.54, 1.807) is 0 Å². The van der Waals surface area contributed by atoms with E-state index < -0.39 is 53.3 Å². The van der Waals surface area contributed by atoms with E-state index >= 15 is 0 Å². The molecular weight excluding hydrogens is 388 g/mol. The zero-order valence-corrected chi connectivity index (χ0v) is 13.5. The molecule has 0 aliphatic rings. The van der Waals surface area contributed by atoms with Crippen molar-refractivity contribution in [1.29, 1.82) is 0 Å². The number of hydrogen-bond donors (Lipinski definition) is 0. The average Bonchev–Trinajstić information content (AvgIpc) is 2.24. The van der Waals surface area contributed by atoms with Crippen molar-refractivity contribution in [3.05, 3.63) is 29.8 Å². The number of aryl methyl sites for hydroxylation is 1. The molecule has 0 aliphatic heterocycles. The lowest BCUT2D eigenvalue weighted by Gasteiger charge is -2.25. The van der Waals surface area contributed by atoms with Crippen LogP contribution in [0.2, 0.25) is 0 Å². The molecule has 0 atom stereocenters. The Morgan fingerprint density at radius 1 is 0.792 bits per heavy atom. The van der Waals surface area contributed by atoms with Gasteiger partial charge in [-0.1, -0.05) is 17.7 Å². The normalized spacial score (nSPS) is 13.8. The van der Waals surface area contributed by atoms with E-state index in [2.05, 4.69) is 0 Å². The summed E-state index contributed by atoms with van der Waals surface area (Å²) >= 11 is 0. The molecular formula is C11H11F6NO4S2. The first-order chi connectivity index (χ1) is 10.5. The molecule has 0 N–H and O–H groups in total. The zero-order valence-electron chi connectivity index (χ0n) is 11.9. The Morgan fingerprint density at radius 2 is 1.12 bits per heavy atom. The lowest BCUT2D eigenvalue weighted by atomic mass is 10.2. The number of nitrogens with zero attached hydrogens (tertiary/aromatic N) is 1. The molecule has 0 saturated heterocycles. The molecule has 138 valence electrons. The fourth-order valence-electron chi connectivity index (χ4n) is 1.69. The summed E-state index contributed by atoms with van der Waals surface area (Å²) in [5, 5.41) is 0. The third kappa shape index (κ3) is 5.85. The summed E-state index contributed by atoms with van der Waals surface area (Å²) in [6.45, 7) is 1.50. The maximum Gasteiger partial charge on any atom is 0.404 e. The predicted octanol–water partition coefficient (Wildman–Crippen LogP) is 2.59. The molecule has 24 heavy (non-hydrogen) atoms. The molecule has 5 nitrogen and oxygen atoms in total. The summed E-state index contributed by atoms with van der Waals surface area (Å²) in [7, 11) is -11.3. The summed E-state index contributed by atoms with van der Waals surface area (Å²) in [5.74, 6) is -5.24. The molecule has 0 fully saturated rings. The number of hydrogen-bond acceptors (Lipinski definition) is 4. The number of alkyl halides is 6. The van der Waals surface area contributed by atoms with E-state index in [-0.39, 0.29) is 0 Å². The van der Waals surface area contributed by atoms with Crippen molar-refractivity contribution < 1.29 is 43.2 Å². The second kappa shape index (κ2) is 6.43. The fourth-order valence-corrected chi connectivity index (χ4v) is 5.34. The lowest BCUT2D eigenvalue weighted by Crippen LogP contribution is -2.45. The van der Waals surface area contributed by atoms with Gasteiger partial charge in [0, 0.05) is 0 Å². The quantitative estimate of drug-likeness (QED) is 0.714. The van der Waals surface area contributed by atoms with Crippen LogP contribution in [-0.2, 0) is 20.0 Å². The van der Waals surface area contributed by atoms with Gasteiger partial charge in [-0.2, -0.15) is 30.1 Å². The van der Waals surface area contributed by atoms with Crippen LogP contribution in [0.4, 0.5) is 32.0 Å². The van der Waals surface area contributed by atoms with Gasteiger partial charge in [-0.05, 0) is 19.1 Å². The molecule has 1 aromatic carbocycles. The minimum atomic E-state index is -5.66. The zero-order chi connectivity index (χ0) is 19.0. The predicted molar refractivity (Wildman–Crippen MR) is 73.3 cm³/mol. The number of halogens is 6. The summed E-state index contributed by atoms with van der Waals surface area (Å²) < 4.78 is 121. The molecule has 1 rings (SSSR count). The Kier molecular flexibility index (Phi) is 5.50. The second-order valence-corrected chi connectivity index (χ2v) is 8.64. The number of benzene rings is 1. The van der Waals surface area contributed by atoms with Crippen molar-refractivity contribution in [2.75, 3.05) is 15.2 Å². The molecule has 0 spiro atoms. The highest BCUT2D eigenvalue weighted by atomic mass is 32.3. The van der Waals surface area contributed by atoms with E-state index in [1.165, 1.54) is 6.92 Å². The van der Waals surface area contributed by atoms with Crippen molar-refractivity contribution in [3.8, 4) is 0 Å². The van der Waals surface area contributed by atoms with Gasteiger partial charge in [0.15, 0.2) is 11.5 Å². The molecule has 0 heterocycles. The van der Waals surface area contributed by atoms with Crippen molar-refractivity contribution in [3.63, 3.8) is 0 Å². The smallest absolute Gasteiger partial charge is 0.205 e. The molecule has 0 bridgehead atoms. The van der Waals surface area contributed by atoms with Gasteiger partial charge in [-0.25, -0.2) is 16.8 Å². The van der Waals surface area contributed by atoms with Gasteiger partial charge in [0.25, 0.3) is 20.0 Å². The minimum Gasteiger partial charge on any atom is -0.205 e. The van der Waals surface area contributed by atoms with Crippen LogP contribution >= 0.6 is 0 Å². The minimum absolute atomic E-state index is 0.486. The Hall–Kier alpha value is -1.50. The Labute approximate surface area is 134 Å². The average molecular weight is 399 g/mol. The number of anilines is 1. The first-order valence-corrected chi connectivity index (χ1v) is 9.21. The van der Waals surface area contributed by atoms with E-state index in [1.807, 2.05) is 0 Å². The largest absolute Gasteiger partial charge is 0.404 e. The van der Waals surface area contributed by atoms with Crippen LogP contribution in [-0.4, -0.2) is 40.7 Å². The van der Waals surface area contributed by atoms with Crippen LogP contribution in [0.5, 0.6) is 0 Å². The molecule has 13 heteroatoms. The third-order valence-corrected chi connectivity index (χ3v) is 6.62. The SMILES string of the molecule is Cc1ccc(N(S(=O)(=O)CC(F)(F)F)S(=O)(=O)CC(F)(F)F)cc1. The van der Waals surface area contributed by atoms with Gasteiger partial charge in [-0.3, -0.25) is 0 Å². The van der Waals surface area contributed by atoms with Gasteiger partial charge < -0.3 is 0 Å². The molecule has 0 aliphatic carbocycles. The van der Waals surface area contributed by atoms with E-state index in [0.717, 1.165) is 24.3 Å². The summed E-state index contributed by atoms with van der Waals surface area (Å²) in [6, 6.07) is 3.90. The Bertz CT molecular complexity index is 735. The first-order valence-electron chi connectivity index (χ1n) is 6.00. The van der Waals surface area contributed by atoms with Gasteiger partial charge in [0.1, 0.15) is 0 Å². The van der Waals surface area contributed by atoms with E-state index in [4.69, 9.17) is 0 Å². The van der Waals surface area contributed by atoms with Gasteiger partial charge >= 0.3 is 12.4 Å². The van der Waals surface area contributed by atoms with Crippen molar-refractivity contribution in [1.82, 2.24) is 0 Å². The highest BCUT2D eigenvalue weighted by Crippen LogP contribution is 2.30. The van der Waals surface area contributed by atoms with Crippen LogP contribution < -0.4 is 3.71 Å². The summed E-state index contributed by atoms with van der Waals surface area (Å²) in [4.78, 5) is 0. The molecule has 0 amide bonds. The fraction of sp³-hybridized carbons (Fsp3) is 0.455. The van der Waals surface area contributed by atoms with Gasteiger partial charge in [0.05, 0.1) is 5.69 Å². The number of rotatable bonds is 5. The van der Waals surface area contributed by atoms with E-state index in [9.17, 15) is 43.2 Å². The van der Waals surface area contributed by atoms with Gasteiger partial charge in [0.2, 0.25) is 0 Å². The monoisotopic (exact) mass is 399 g/mol. The maximum absolute atomic E-state index is 12.4. The lowest BCUT2D eigenvalue weighted by molar-refractivity contribution is -0.107. The Balaban J connectivity index is 3.51. The highest BCUT2D eigenvalue weighted by molar-refractivity contribution is 8.10. The highest BCUT2D eigenvalue weighted by Gasteiger charge is 2.47. The van der Waals surface area contributed by atoms with Crippen LogP contribution in [0.1, 0.15) is 5.56 Å². The number of sulfonamides is 2.